The first-order valence-corrected chi connectivity index (χ1v) is 4.12. The number of hydrogen-bond donors (Lipinski definition) is 1. The molecule has 66 valence electrons. The Morgan fingerprint density at radius 1 is 1.17 bits per heavy atom. The summed E-state index contributed by atoms with van der Waals surface area (Å²) < 4.78 is 12.5. The van der Waals surface area contributed by atoms with Crippen LogP contribution in [0.15, 0.2) is 24.3 Å². The first-order valence-electron chi connectivity index (χ1n) is 4.12. The van der Waals surface area contributed by atoms with Crippen molar-refractivity contribution in [3.63, 3.8) is 0 Å². The Labute approximate surface area is 72.4 Å². The first kappa shape index (κ1) is 9.20. The molecule has 0 radical (unpaired) electrons. The van der Waals surface area contributed by atoms with E-state index in [9.17, 15) is 4.39 Å². The van der Waals surface area contributed by atoms with Crippen molar-refractivity contribution in [1.82, 2.24) is 0 Å². The van der Waals surface area contributed by atoms with Gasteiger partial charge in [0.15, 0.2) is 0 Å². The van der Waals surface area contributed by atoms with Gasteiger partial charge in [-0.25, -0.2) is 4.39 Å². The van der Waals surface area contributed by atoms with Gasteiger partial charge in [-0.15, -0.1) is 0 Å². The molecule has 0 saturated carbocycles. The number of nitrogens with two attached hydrogens (primary N) is 1. The number of benzene rings is 1. The minimum atomic E-state index is -0.213. The minimum absolute atomic E-state index is 0.00519. The molecule has 2 N–H and O–H groups in total. The van der Waals surface area contributed by atoms with Crippen LogP contribution in [0.5, 0.6) is 0 Å². The van der Waals surface area contributed by atoms with Gasteiger partial charge in [-0.05, 0) is 23.6 Å². The van der Waals surface area contributed by atoms with Crippen LogP contribution in [0.1, 0.15) is 25.5 Å². The summed E-state index contributed by atoms with van der Waals surface area (Å²) in [6.07, 6.45) is 0. The Bertz CT molecular complexity index is 241. The third kappa shape index (κ3) is 2.05. The Morgan fingerprint density at radius 3 is 2.08 bits per heavy atom. The van der Waals surface area contributed by atoms with E-state index >= 15 is 0 Å². The molecule has 0 fully saturated rings. The fourth-order valence-corrected chi connectivity index (χ4v) is 1.07. The van der Waals surface area contributed by atoms with Crippen molar-refractivity contribution < 1.29 is 4.39 Å². The van der Waals surface area contributed by atoms with Crippen LogP contribution in [0.2, 0.25) is 0 Å². The highest BCUT2D eigenvalue weighted by molar-refractivity contribution is 5.19. The predicted octanol–water partition coefficient (Wildman–Crippen LogP) is 2.48. The van der Waals surface area contributed by atoms with E-state index in [0.29, 0.717) is 5.92 Å². The van der Waals surface area contributed by atoms with Crippen molar-refractivity contribution in [2.24, 2.45) is 11.7 Å². The van der Waals surface area contributed by atoms with E-state index in [1.165, 1.54) is 12.1 Å². The van der Waals surface area contributed by atoms with Gasteiger partial charge in [0.05, 0.1) is 0 Å². The second-order valence-electron chi connectivity index (χ2n) is 3.32. The molecule has 1 nitrogen and oxygen atoms in total. The molecule has 1 aromatic rings. The van der Waals surface area contributed by atoms with E-state index in [0.717, 1.165) is 5.56 Å². The summed E-state index contributed by atoms with van der Waals surface area (Å²) in [5, 5.41) is 0. The van der Waals surface area contributed by atoms with E-state index in [4.69, 9.17) is 5.73 Å². The quantitative estimate of drug-likeness (QED) is 0.719. The van der Waals surface area contributed by atoms with Crippen LogP contribution < -0.4 is 5.73 Å². The van der Waals surface area contributed by atoms with Crippen molar-refractivity contribution in [3.8, 4) is 0 Å². The highest BCUT2D eigenvalue weighted by Crippen LogP contribution is 2.18. The molecule has 1 atom stereocenters. The summed E-state index contributed by atoms with van der Waals surface area (Å²) in [6.45, 7) is 4.10. The standard InChI is InChI=1S/C10H14FN/c1-7(2)10(12)8-3-5-9(11)6-4-8/h3-7,10H,12H2,1-2H3. The number of rotatable bonds is 2. The lowest BCUT2D eigenvalue weighted by atomic mass is 9.97. The molecule has 1 unspecified atom stereocenters. The van der Waals surface area contributed by atoms with Crippen LogP contribution in [0.4, 0.5) is 4.39 Å². The van der Waals surface area contributed by atoms with Gasteiger partial charge in [0, 0.05) is 6.04 Å². The third-order valence-corrected chi connectivity index (χ3v) is 1.97. The SMILES string of the molecule is CC(C)C(N)c1ccc(F)cc1. The van der Waals surface area contributed by atoms with E-state index < -0.39 is 0 Å². The Balaban J connectivity index is 2.82. The Hall–Kier alpha value is -0.890. The van der Waals surface area contributed by atoms with Crippen LogP contribution in [-0.2, 0) is 0 Å². The van der Waals surface area contributed by atoms with Gasteiger partial charge in [-0.3, -0.25) is 0 Å². The lowest BCUT2D eigenvalue weighted by molar-refractivity contribution is 0.513. The zero-order chi connectivity index (χ0) is 9.14. The van der Waals surface area contributed by atoms with Crippen molar-refractivity contribution >= 4 is 0 Å². The van der Waals surface area contributed by atoms with E-state index in [1.807, 2.05) is 13.8 Å². The summed E-state index contributed by atoms with van der Waals surface area (Å²) in [5.74, 6) is 0.171. The Kier molecular flexibility index (Phi) is 2.82. The van der Waals surface area contributed by atoms with Gasteiger partial charge in [-0.2, -0.15) is 0 Å². The zero-order valence-electron chi connectivity index (χ0n) is 7.42. The highest BCUT2D eigenvalue weighted by Gasteiger charge is 2.09. The lowest BCUT2D eigenvalue weighted by Crippen LogP contribution is -2.16. The molecular weight excluding hydrogens is 153 g/mol. The van der Waals surface area contributed by atoms with E-state index in [1.54, 1.807) is 12.1 Å². The minimum Gasteiger partial charge on any atom is -0.324 e. The predicted molar refractivity (Wildman–Crippen MR) is 48.2 cm³/mol. The van der Waals surface area contributed by atoms with Gasteiger partial charge in [-0.1, -0.05) is 26.0 Å². The zero-order valence-corrected chi connectivity index (χ0v) is 7.42. The molecule has 1 rings (SSSR count). The van der Waals surface area contributed by atoms with Gasteiger partial charge in [0.2, 0.25) is 0 Å². The van der Waals surface area contributed by atoms with Crippen LogP contribution in [0, 0.1) is 11.7 Å². The van der Waals surface area contributed by atoms with E-state index in [-0.39, 0.29) is 11.9 Å². The molecule has 2 heteroatoms. The maximum absolute atomic E-state index is 12.5. The second kappa shape index (κ2) is 3.68. The molecule has 12 heavy (non-hydrogen) atoms. The molecule has 0 spiro atoms. The van der Waals surface area contributed by atoms with Crippen LogP contribution in [-0.4, -0.2) is 0 Å². The molecule has 0 heterocycles. The number of halogens is 1. The highest BCUT2D eigenvalue weighted by atomic mass is 19.1. The summed E-state index contributed by atoms with van der Waals surface area (Å²) in [4.78, 5) is 0. The largest absolute Gasteiger partial charge is 0.324 e. The van der Waals surface area contributed by atoms with Crippen LogP contribution in [0.3, 0.4) is 0 Å². The number of hydrogen-bond acceptors (Lipinski definition) is 1. The van der Waals surface area contributed by atoms with Crippen LogP contribution in [0.25, 0.3) is 0 Å². The molecule has 0 amide bonds. The molecular formula is C10H14FN. The molecule has 0 saturated heterocycles. The van der Waals surface area contributed by atoms with Crippen molar-refractivity contribution in [3.05, 3.63) is 35.6 Å². The summed E-state index contributed by atoms with van der Waals surface area (Å²) >= 11 is 0. The topological polar surface area (TPSA) is 26.0 Å². The van der Waals surface area contributed by atoms with Crippen molar-refractivity contribution in [1.29, 1.82) is 0 Å². The monoisotopic (exact) mass is 167 g/mol. The molecule has 0 aliphatic rings. The van der Waals surface area contributed by atoms with Crippen LogP contribution >= 0.6 is 0 Å². The van der Waals surface area contributed by atoms with Gasteiger partial charge in [0.1, 0.15) is 5.82 Å². The summed E-state index contributed by atoms with van der Waals surface area (Å²) in [7, 11) is 0. The summed E-state index contributed by atoms with van der Waals surface area (Å²) in [5.41, 5.74) is 6.86. The molecule has 0 bridgehead atoms. The molecule has 0 aliphatic carbocycles. The normalized spacial score (nSPS) is 13.4. The van der Waals surface area contributed by atoms with Gasteiger partial charge >= 0.3 is 0 Å². The average Bonchev–Trinajstić information content (AvgIpc) is 2.04. The fourth-order valence-electron chi connectivity index (χ4n) is 1.07. The maximum atomic E-state index is 12.5. The Morgan fingerprint density at radius 2 is 1.67 bits per heavy atom. The maximum Gasteiger partial charge on any atom is 0.123 e. The third-order valence-electron chi connectivity index (χ3n) is 1.97. The fraction of sp³-hybridized carbons (Fsp3) is 0.400. The smallest absolute Gasteiger partial charge is 0.123 e. The lowest BCUT2D eigenvalue weighted by Gasteiger charge is -2.15. The van der Waals surface area contributed by atoms with Gasteiger partial charge < -0.3 is 5.73 Å². The molecule has 0 aliphatic heterocycles. The summed E-state index contributed by atoms with van der Waals surface area (Å²) in [6, 6.07) is 6.36. The average molecular weight is 167 g/mol. The second-order valence-corrected chi connectivity index (χ2v) is 3.32. The van der Waals surface area contributed by atoms with Crippen molar-refractivity contribution in [2.45, 2.75) is 19.9 Å². The van der Waals surface area contributed by atoms with Gasteiger partial charge in [0.25, 0.3) is 0 Å². The van der Waals surface area contributed by atoms with E-state index in [2.05, 4.69) is 0 Å². The van der Waals surface area contributed by atoms with Crippen molar-refractivity contribution in [2.75, 3.05) is 0 Å². The molecule has 1 aromatic carbocycles. The molecule has 0 aromatic heterocycles. The first-order chi connectivity index (χ1) is 5.61.